The van der Waals surface area contributed by atoms with Gasteiger partial charge in [0.15, 0.2) is 29.7 Å². The number of carbonyl (C=O) groups excluding carboxylic acids is 6. The van der Waals surface area contributed by atoms with E-state index in [0.29, 0.717) is 34.8 Å². The lowest BCUT2D eigenvalue weighted by molar-refractivity contribution is -0.387. The minimum atomic E-state index is -1.94. The number of ether oxygens (including phenoxy) is 9. The number of rotatable bonds is 16. The number of cyclic esters (lactones) is 1. The zero-order valence-corrected chi connectivity index (χ0v) is 41.8. The Labute approximate surface area is 432 Å². The predicted octanol–water partition coefficient (Wildman–Crippen LogP) is 5.51. The Morgan fingerprint density at radius 3 is 2.29 bits per heavy atom. The molecule has 23 heteroatoms. The third kappa shape index (κ3) is 10.6. The Morgan fingerprint density at radius 2 is 1.64 bits per heavy atom. The maximum absolute atomic E-state index is 13.8. The molecule has 3 aromatic carbocycles. The molecule has 0 saturated carbocycles. The maximum atomic E-state index is 13.8. The van der Waals surface area contributed by atoms with Crippen molar-refractivity contribution in [3.05, 3.63) is 121 Å². The Bertz CT molecular complexity index is 3290. The normalized spacial score (nSPS) is 20.5. The van der Waals surface area contributed by atoms with Crippen molar-refractivity contribution in [2.75, 3.05) is 12.4 Å². The minimum Gasteiger partial charge on any atom is -0.489 e. The maximum Gasteiger partial charge on any atom is 0.412 e. The highest BCUT2D eigenvalue weighted by Crippen LogP contribution is 2.42. The number of terminal acetylenes is 1. The summed E-state index contributed by atoms with van der Waals surface area (Å²) in [5, 5.41) is 27.2. The first-order valence-corrected chi connectivity index (χ1v) is 23.7. The molecule has 1 saturated heterocycles. The molecular weight excluding hydrogens is 997 g/mol. The second-order valence-electron chi connectivity index (χ2n) is 17.7. The number of aryl methyl sites for hydroxylation is 1. The molecule has 3 aliphatic rings. The van der Waals surface area contributed by atoms with Crippen LogP contribution < -0.4 is 20.3 Å². The van der Waals surface area contributed by atoms with Crippen LogP contribution in [-0.4, -0.2) is 93.3 Å². The number of nitrogens with zero attached hydrogens (tertiary/aromatic N) is 3. The number of amides is 1. The van der Waals surface area contributed by atoms with E-state index in [0.717, 1.165) is 62.1 Å². The first-order chi connectivity index (χ1) is 36.3. The number of nitro benzene ring substituents is 1. The van der Waals surface area contributed by atoms with Gasteiger partial charge in [0.2, 0.25) is 12.4 Å². The van der Waals surface area contributed by atoms with Crippen LogP contribution in [0.5, 0.6) is 11.5 Å². The summed E-state index contributed by atoms with van der Waals surface area (Å²) in [6.07, 6.45) is -5.08. The van der Waals surface area contributed by atoms with Gasteiger partial charge >= 0.3 is 41.6 Å². The molecule has 0 unspecified atom stereocenters. The van der Waals surface area contributed by atoms with Crippen LogP contribution in [0.2, 0.25) is 0 Å². The number of hydrogen-bond acceptors (Lipinski definition) is 20. The smallest absolute Gasteiger partial charge is 0.412 e. The molecular formula is C53H50N4O19. The molecule has 0 aliphatic carbocycles. The number of benzene rings is 3. The SMILES string of the molecule is C#CC[C@H](OC(=O)Nc1ccc(COc2ccc3nc4c(c(CC)c3c2)Cn2c-4cc3c(c2=O)COC(=O)[C@]3(O)CC)cc1)c1ccc(O[C@H]2O[C@@H](C(=O)OC)[C@H](OC(C)=O)[C@@H](OC(C)=O)[C@@H]2OC(C)=O)c([N+](=O)[O-])c1. The second kappa shape index (κ2) is 21.9. The average Bonchev–Trinajstić information content (AvgIpc) is 3.83. The third-order valence-corrected chi connectivity index (χ3v) is 12.9. The molecule has 1 amide bonds. The Morgan fingerprint density at radius 1 is 0.947 bits per heavy atom. The lowest BCUT2D eigenvalue weighted by atomic mass is 9.86. The molecule has 2 N–H and O–H groups in total. The number of anilines is 1. The van der Waals surface area contributed by atoms with Gasteiger partial charge in [-0.05, 0) is 66.4 Å². The number of aliphatic hydroxyl groups is 1. The largest absolute Gasteiger partial charge is 0.489 e. The van der Waals surface area contributed by atoms with Gasteiger partial charge in [-0.2, -0.15) is 0 Å². The Kier molecular flexibility index (Phi) is 15.4. The fourth-order valence-electron chi connectivity index (χ4n) is 9.37. The van der Waals surface area contributed by atoms with Gasteiger partial charge < -0.3 is 52.3 Å². The van der Waals surface area contributed by atoms with Gasteiger partial charge in [-0.1, -0.05) is 32.0 Å². The first kappa shape index (κ1) is 53.4. The summed E-state index contributed by atoms with van der Waals surface area (Å²) in [5.41, 5.74) is 2.19. The molecule has 2 aromatic heterocycles. The van der Waals surface area contributed by atoms with Gasteiger partial charge in [-0.25, -0.2) is 19.4 Å². The highest BCUT2D eigenvalue weighted by atomic mass is 16.7. The van der Waals surface area contributed by atoms with Crippen LogP contribution in [0, 0.1) is 22.5 Å². The van der Waals surface area contributed by atoms with Crippen molar-refractivity contribution in [3.8, 4) is 35.2 Å². The molecule has 5 heterocycles. The van der Waals surface area contributed by atoms with Gasteiger partial charge in [-0.15, -0.1) is 12.3 Å². The summed E-state index contributed by atoms with van der Waals surface area (Å²) in [7, 11) is 0.994. The molecule has 0 radical (unpaired) electrons. The molecule has 5 aromatic rings. The summed E-state index contributed by atoms with van der Waals surface area (Å²) in [6.45, 7) is 6.81. The molecule has 3 aliphatic heterocycles. The van der Waals surface area contributed by atoms with Crippen molar-refractivity contribution in [2.24, 2.45) is 0 Å². The van der Waals surface area contributed by atoms with Crippen molar-refractivity contribution in [3.63, 3.8) is 0 Å². The predicted molar refractivity (Wildman–Crippen MR) is 262 cm³/mol. The number of hydrogen-bond donors (Lipinski definition) is 2. The number of nitrogens with one attached hydrogen (secondary N) is 1. The van der Waals surface area contributed by atoms with Gasteiger partial charge in [0.25, 0.3) is 5.56 Å². The molecule has 0 bridgehead atoms. The number of methoxy groups -OCH3 is 1. The summed E-state index contributed by atoms with van der Waals surface area (Å²) in [5.74, 6) is -2.32. The third-order valence-electron chi connectivity index (χ3n) is 12.9. The van der Waals surface area contributed by atoms with Crippen LogP contribution in [0.3, 0.4) is 0 Å². The second-order valence-corrected chi connectivity index (χ2v) is 17.7. The summed E-state index contributed by atoms with van der Waals surface area (Å²) >= 11 is 0. The Hall–Kier alpha value is -8.88. The zero-order chi connectivity index (χ0) is 54.7. The van der Waals surface area contributed by atoms with E-state index >= 15 is 0 Å². The van der Waals surface area contributed by atoms with Crippen LogP contribution in [0.4, 0.5) is 16.2 Å². The standard InChI is InChI=1S/C53H50N4O19/c1-8-11-41(30-14-19-42(39(20-30)57(66)67)74-50-47(73-28(6)60)45(72-27(5)59)44(71-26(4)58)46(76-50)49(62)68-7)75-52(64)54-31-15-12-29(13-16-31)24-69-32-17-18-38-34(21-32)33(9-2)35-23-56-40(43(35)55-38)22-37-36(48(56)61)25-70-51(63)53(37,65)10-3/h1,12-22,41,44-47,50,65H,9-11,23-25H2,2-7H3,(H,54,64)/t41-,44+,45+,46+,47-,50-,53-/m0/s1. The molecule has 7 atom stereocenters. The van der Waals surface area contributed by atoms with Crippen molar-refractivity contribution >= 4 is 58.2 Å². The number of fused-ring (bicyclic) bond motifs is 5. The number of nitro groups is 1. The summed E-state index contributed by atoms with van der Waals surface area (Å²) in [4.78, 5) is 106. The van der Waals surface area contributed by atoms with E-state index < -0.39 is 94.7 Å². The van der Waals surface area contributed by atoms with Crippen LogP contribution in [-0.2, 0) is 88.9 Å². The topological polar surface area (TPSA) is 296 Å². The number of carbonyl (C=O) groups is 6. The highest BCUT2D eigenvalue weighted by molar-refractivity contribution is 5.90. The summed E-state index contributed by atoms with van der Waals surface area (Å²) < 4.78 is 51.0. The van der Waals surface area contributed by atoms with Gasteiger partial charge in [0, 0.05) is 54.6 Å². The van der Waals surface area contributed by atoms with Crippen LogP contribution in [0.1, 0.15) is 86.9 Å². The average molecular weight is 1050 g/mol. The molecule has 23 nitrogen and oxygen atoms in total. The summed E-state index contributed by atoms with van der Waals surface area (Å²) in [6, 6.07) is 17.3. The van der Waals surface area contributed by atoms with Crippen LogP contribution >= 0.6 is 0 Å². The monoisotopic (exact) mass is 1050 g/mol. The molecule has 76 heavy (non-hydrogen) atoms. The quantitative estimate of drug-likeness (QED) is 0.0397. The fourth-order valence-corrected chi connectivity index (χ4v) is 9.37. The van der Waals surface area contributed by atoms with Gasteiger partial charge in [0.1, 0.15) is 25.1 Å². The van der Waals surface area contributed by atoms with Crippen molar-refractivity contribution < 1.29 is 81.4 Å². The van der Waals surface area contributed by atoms with Crippen LogP contribution in [0.15, 0.2) is 71.5 Å². The lowest BCUT2D eigenvalue weighted by Gasteiger charge is -2.43. The van der Waals surface area contributed by atoms with E-state index in [4.69, 9.17) is 54.0 Å². The minimum absolute atomic E-state index is 0.0313. The fraction of sp³-hybridized carbons (Fsp3) is 0.358. The lowest BCUT2D eigenvalue weighted by Crippen LogP contribution is -2.64. The van der Waals surface area contributed by atoms with Crippen molar-refractivity contribution in [1.82, 2.24) is 9.55 Å². The van der Waals surface area contributed by atoms with E-state index in [1.165, 1.54) is 6.07 Å². The molecule has 8 rings (SSSR count). The zero-order valence-electron chi connectivity index (χ0n) is 41.8. The van der Waals surface area contributed by atoms with E-state index in [1.54, 1.807) is 47.9 Å². The van der Waals surface area contributed by atoms with E-state index in [-0.39, 0.29) is 54.8 Å². The van der Waals surface area contributed by atoms with Crippen LogP contribution in [0.25, 0.3) is 22.3 Å². The van der Waals surface area contributed by atoms with E-state index in [1.807, 2.05) is 19.1 Å². The molecule has 0 spiro atoms. The van der Waals surface area contributed by atoms with Crippen molar-refractivity contribution in [2.45, 2.75) is 116 Å². The van der Waals surface area contributed by atoms with Gasteiger partial charge in [-0.3, -0.25) is 34.6 Å². The molecule has 1 fully saturated rings. The highest BCUT2D eigenvalue weighted by Gasteiger charge is 2.56. The molecule has 396 valence electrons. The van der Waals surface area contributed by atoms with Crippen molar-refractivity contribution in [1.29, 1.82) is 0 Å². The number of pyridine rings is 2. The Balaban J connectivity index is 0.943. The van der Waals surface area contributed by atoms with E-state index in [9.17, 15) is 48.8 Å². The number of esters is 5. The van der Waals surface area contributed by atoms with Gasteiger partial charge in [0.05, 0.1) is 47.5 Å². The van der Waals surface area contributed by atoms with E-state index in [2.05, 4.69) is 11.2 Å². The first-order valence-electron chi connectivity index (χ1n) is 23.7. The number of aromatic nitrogens is 2.